The van der Waals surface area contributed by atoms with E-state index in [1.165, 1.54) is 21.7 Å². The van der Waals surface area contributed by atoms with Crippen molar-refractivity contribution >= 4 is 32.3 Å². The standard InChI is InChI=1S/C20H14O2/c1-11-12-6-2-3-7-13(12)16(10-21)18-17(11)14-8-4-5-9-15(14)19-20(18)22-19/h2-9,21H,10H2,1H3. The smallest absolute Gasteiger partial charge is 0.179 e. The molecule has 0 fully saturated rings. The van der Waals surface area contributed by atoms with Crippen LogP contribution in [0.3, 0.4) is 0 Å². The molecule has 0 unspecified atom stereocenters. The summed E-state index contributed by atoms with van der Waals surface area (Å²) in [4.78, 5) is 0. The van der Waals surface area contributed by atoms with Crippen molar-refractivity contribution in [1.82, 2.24) is 0 Å². The summed E-state index contributed by atoms with van der Waals surface area (Å²) >= 11 is 0. The summed E-state index contributed by atoms with van der Waals surface area (Å²) in [5, 5.41) is 16.9. The number of fused-ring (bicyclic) bond motifs is 7. The molecule has 2 nitrogen and oxygen atoms in total. The molecule has 0 aromatic heterocycles. The second-order valence-electron chi connectivity index (χ2n) is 5.86. The van der Waals surface area contributed by atoms with Gasteiger partial charge in [-0.3, -0.25) is 0 Å². The molecule has 0 bridgehead atoms. The molecule has 4 aromatic rings. The highest BCUT2D eigenvalue weighted by molar-refractivity contribution is 6.23. The Morgan fingerprint density at radius 2 is 1.41 bits per heavy atom. The lowest BCUT2D eigenvalue weighted by molar-refractivity contribution is 0.285. The molecule has 0 spiro atoms. The van der Waals surface area contributed by atoms with Crippen LogP contribution in [-0.4, -0.2) is 5.11 Å². The molecule has 1 N–H and O–H groups in total. The molecule has 1 heterocycles. The third kappa shape index (κ3) is 1.33. The Balaban J connectivity index is 2.17. The molecule has 0 aliphatic carbocycles. The van der Waals surface area contributed by atoms with E-state index in [0.717, 1.165) is 33.2 Å². The predicted molar refractivity (Wildman–Crippen MR) is 89.7 cm³/mol. The quantitative estimate of drug-likeness (QED) is 0.265. The van der Waals surface area contributed by atoms with Crippen LogP contribution in [0.1, 0.15) is 11.1 Å². The van der Waals surface area contributed by atoms with Crippen LogP contribution in [0.2, 0.25) is 0 Å². The third-order valence-electron chi connectivity index (χ3n) is 4.78. The molecule has 0 saturated carbocycles. The molecule has 5 rings (SSSR count). The second kappa shape index (κ2) is 3.99. The van der Waals surface area contributed by atoms with Crippen LogP contribution in [0.4, 0.5) is 0 Å². The second-order valence-corrected chi connectivity index (χ2v) is 5.86. The van der Waals surface area contributed by atoms with E-state index in [9.17, 15) is 5.11 Å². The van der Waals surface area contributed by atoms with Crippen molar-refractivity contribution in [3.05, 3.63) is 59.7 Å². The highest BCUT2D eigenvalue weighted by Gasteiger charge is 2.31. The maximum absolute atomic E-state index is 9.99. The normalized spacial score (nSPS) is 12.6. The van der Waals surface area contributed by atoms with Crippen LogP contribution < -0.4 is 4.74 Å². The van der Waals surface area contributed by atoms with E-state index in [-0.39, 0.29) is 6.61 Å². The van der Waals surface area contributed by atoms with Gasteiger partial charge >= 0.3 is 0 Å². The first-order chi connectivity index (χ1) is 10.8. The first-order valence-electron chi connectivity index (χ1n) is 7.48. The Morgan fingerprint density at radius 3 is 2.14 bits per heavy atom. The van der Waals surface area contributed by atoms with Gasteiger partial charge in [-0.15, -0.1) is 0 Å². The van der Waals surface area contributed by atoms with Gasteiger partial charge in [-0.05, 0) is 39.6 Å². The SMILES string of the molecule is Cc1c2ccccc2c(CO)c2c3c(c4ccccc4c12)O3. The van der Waals surface area contributed by atoms with Crippen LogP contribution in [0.15, 0.2) is 48.5 Å². The average Bonchev–Trinajstić information content (AvgIpc) is 3.36. The number of benzene rings is 4. The zero-order valence-corrected chi connectivity index (χ0v) is 12.2. The van der Waals surface area contributed by atoms with Crippen molar-refractivity contribution in [1.29, 1.82) is 0 Å². The first kappa shape index (κ1) is 12.0. The molecule has 106 valence electrons. The minimum absolute atomic E-state index is 0.0193. The molecule has 1 aliphatic rings. The van der Waals surface area contributed by atoms with Gasteiger partial charge in [0.05, 0.1) is 6.61 Å². The highest BCUT2D eigenvalue weighted by atomic mass is 16.6. The Labute approximate surface area is 127 Å². The summed E-state index contributed by atoms with van der Waals surface area (Å²) in [6.45, 7) is 2.18. The van der Waals surface area contributed by atoms with E-state index >= 15 is 0 Å². The fraction of sp³-hybridized carbons (Fsp3) is 0.100. The monoisotopic (exact) mass is 286 g/mol. The van der Waals surface area contributed by atoms with Crippen molar-refractivity contribution in [3.63, 3.8) is 0 Å². The molecule has 0 amide bonds. The van der Waals surface area contributed by atoms with Gasteiger partial charge in [-0.25, -0.2) is 0 Å². The number of rotatable bonds is 1. The number of aryl methyl sites for hydroxylation is 1. The van der Waals surface area contributed by atoms with Crippen molar-refractivity contribution in [2.24, 2.45) is 0 Å². The lowest BCUT2D eigenvalue weighted by atomic mass is 9.90. The van der Waals surface area contributed by atoms with Crippen molar-refractivity contribution < 1.29 is 9.84 Å². The summed E-state index contributed by atoms with van der Waals surface area (Å²) in [5.41, 5.74) is 2.22. The predicted octanol–water partition coefficient (Wildman–Crippen LogP) is 5.05. The largest absolute Gasteiger partial charge is 0.448 e. The number of aliphatic hydroxyl groups is 1. The van der Waals surface area contributed by atoms with Crippen LogP contribution >= 0.6 is 0 Å². The Hall–Kier alpha value is -2.58. The fourth-order valence-electron chi connectivity index (χ4n) is 3.75. The van der Waals surface area contributed by atoms with Gasteiger partial charge in [0.15, 0.2) is 11.5 Å². The Morgan fingerprint density at radius 1 is 0.773 bits per heavy atom. The first-order valence-corrected chi connectivity index (χ1v) is 7.48. The molecule has 0 radical (unpaired) electrons. The lowest BCUT2D eigenvalue weighted by Crippen LogP contribution is -1.92. The summed E-state index contributed by atoms with van der Waals surface area (Å²) in [6.07, 6.45) is 0. The zero-order valence-electron chi connectivity index (χ0n) is 12.2. The van der Waals surface area contributed by atoms with Gasteiger partial charge in [0.1, 0.15) is 0 Å². The molecular weight excluding hydrogens is 272 g/mol. The van der Waals surface area contributed by atoms with Gasteiger partial charge in [0, 0.05) is 10.8 Å². The summed E-state index contributed by atoms with van der Waals surface area (Å²) < 4.78 is 5.80. The van der Waals surface area contributed by atoms with E-state index in [1.54, 1.807) is 0 Å². The lowest BCUT2D eigenvalue weighted by Gasteiger charge is -2.13. The van der Waals surface area contributed by atoms with Gasteiger partial charge in [-0.2, -0.15) is 0 Å². The number of hydrogen-bond acceptors (Lipinski definition) is 2. The van der Waals surface area contributed by atoms with Crippen LogP contribution in [0.25, 0.3) is 32.3 Å². The minimum Gasteiger partial charge on any atom is -0.448 e. The van der Waals surface area contributed by atoms with E-state index < -0.39 is 0 Å². The number of ether oxygens (including phenoxy) is 1. The molecule has 1 aliphatic heterocycles. The Bertz CT molecular complexity index is 1090. The van der Waals surface area contributed by atoms with Gasteiger partial charge in [0.2, 0.25) is 0 Å². The van der Waals surface area contributed by atoms with Crippen molar-refractivity contribution in [2.75, 3.05) is 0 Å². The molecule has 0 saturated heterocycles. The number of hydrogen-bond donors (Lipinski definition) is 1. The topological polar surface area (TPSA) is 32.8 Å². The highest BCUT2D eigenvalue weighted by Crippen LogP contribution is 2.58. The Kier molecular flexibility index (Phi) is 2.18. The average molecular weight is 286 g/mol. The molecular formula is C20H14O2. The molecule has 22 heavy (non-hydrogen) atoms. The summed E-state index contributed by atoms with van der Waals surface area (Å²) in [6, 6.07) is 16.6. The van der Waals surface area contributed by atoms with Crippen LogP contribution in [0.5, 0.6) is 11.5 Å². The van der Waals surface area contributed by atoms with E-state index in [0.29, 0.717) is 0 Å². The van der Waals surface area contributed by atoms with E-state index in [4.69, 9.17) is 4.74 Å². The summed E-state index contributed by atoms with van der Waals surface area (Å²) in [7, 11) is 0. The van der Waals surface area contributed by atoms with Crippen LogP contribution in [-0.2, 0) is 6.61 Å². The third-order valence-corrected chi connectivity index (χ3v) is 4.78. The van der Waals surface area contributed by atoms with E-state index in [1.807, 2.05) is 12.1 Å². The molecule has 0 atom stereocenters. The van der Waals surface area contributed by atoms with E-state index in [2.05, 4.69) is 43.3 Å². The number of aliphatic hydroxyl groups excluding tert-OH is 1. The zero-order chi connectivity index (χ0) is 14.8. The fourth-order valence-corrected chi connectivity index (χ4v) is 3.75. The molecule has 4 aromatic carbocycles. The molecule has 2 heteroatoms. The van der Waals surface area contributed by atoms with Crippen molar-refractivity contribution in [2.45, 2.75) is 13.5 Å². The maximum atomic E-state index is 9.99. The van der Waals surface area contributed by atoms with Gasteiger partial charge in [-0.1, -0.05) is 48.5 Å². The van der Waals surface area contributed by atoms with Crippen molar-refractivity contribution in [3.8, 4) is 11.5 Å². The summed E-state index contributed by atoms with van der Waals surface area (Å²) in [5.74, 6) is 1.90. The van der Waals surface area contributed by atoms with Crippen LogP contribution in [0, 0.1) is 6.92 Å². The van der Waals surface area contributed by atoms with Gasteiger partial charge in [0.25, 0.3) is 0 Å². The minimum atomic E-state index is 0.0193. The van der Waals surface area contributed by atoms with Gasteiger partial charge < -0.3 is 9.84 Å². The maximum Gasteiger partial charge on any atom is 0.179 e.